The minimum absolute atomic E-state index is 0.114. The average molecular weight is 308 g/mol. The van der Waals surface area contributed by atoms with Crippen LogP contribution in [0.2, 0.25) is 0 Å². The van der Waals surface area contributed by atoms with Gasteiger partial charge in [-0.05, 0) is 51.5 Å². The molecule has 1 aliphatic carbocycles. The first-order valence-corrected chi connectivity index (χ1v) is 8.39. The van der Waals surface area contributed by atoms with Crippen LogP contribution in [-0.4, -0.2) is 48.4 Å². The second-order valence-electron chi connectivity index (χ2n) is 6.92. The van der Waals surface area contributed by atoms with Gasteiger partial charge in [0, 0.05) is 24.9 Å². The summed E-state index contributed by atoms with van der Waals surface area (Å²) in [7, 11) is 2.19. The first kappa shape index (κ1) is 15.9. The van der Waals surface area contributed by atoms with Gasteiger partial charge in [-0.1, -0.05) is 30.3 Å². The highest BCUT2D eigenvalue weighted by molar-refractivity contribution is 5.14. The molecule has 4 heteroatoms. The van der Waals surface area contributed by atoms with E-state index < -0.39 is 5.92 Å². The number of hydrogen-bond donors (Lipinski definition) is 0. The number of alkyl halides is 2. The molecule has 3 rings (SSSR count). The second kappa shape index (κ2) is 6.63. The Labute approximate surface area is 132 Å². The molecule has 0 unspecified atom stereocenters. The van der Waals surface area contributed by atoms with Gasteiger partial charge in [-0.15, -0.1) is 0 Å². The fourth-order valence-electron chi connectivity index (χ4n) is 3.51. The number of benzene rings is 1. The molecule has 122 valence electrons. The molecule has 0 radical (unpaired) electrons. The second-order valence-corrected chi connectivity index (χ2v) is 6.92. The highest BCUT2D eigenvalue weighted by atomic mass is 19.3. The van der Waals surface area contributed by atoms with Crippen LogP contribution in [0.3, 0.4) is 0 Å². The number of rotatable bonds is 6. The molecule has 0 bridgehead atoms. The highest BCUT2D eigenvalue weighted by Crippen LogP contribution is 2.50. The summed E-state index contributed by atoms with van der Waals surface area (Å²) in [5.41, 5.74) is 1.35. The Hall–Kier alpha value is -1.00. The molecule has 1 saturated heterocycles. The molecule has 22 heavy (non-hydrogen) atoms. The topological polar surface area (TPSA) is 6.48 Å². The Morgan fingerprint density at radius 1 is 1.18 bits per heavy atom. The summed E-state index contributed by atoms with van der Waals surface area (Å²) in [5, 5.41) is 0. The maximum atomic E-state index is 12.9. The Morgan fingerprint density at radius 2 is 1.82 bits per heavy atom. The van der Waals surface area contributed by atoms with Gasteiger partial charge in [-0.2, -0.15) is 0 Å². The van der Waals surface area contributed by atoms with E-state index in [4.69, 9.17) is 0 Å². The molecule has 2 nitrogen and oxygen atoms in total. The fourth-order valence-corrected chi connectivity index (χ4v) is 3.51. The van der Waals surface area contributed by atoms with Crippen LogP contribution in [0.1, 0.15) is 31.2 Å². The van der Waals surface area contributed by atoms with E-state index in [1.165, 1.54) is 5.56 Å². The van der Waals surface area contributed by atoms with Gasteiger partial charge < -0.3 is 4.90 Å². The third-order valence-corrected chi connectivity index (χ3v) is 5.20. The molecular weight excluding hydrogens is 282 g/mol. The van der Waals surface area contributed by atoms with E-state index in [9.17, 15) is 8.78 Å². The molecule has 2 fully saturated rings. The average Bonchev–Trinajstić information content (AvgIpc) is 3.14. The predicted octanol–water partition coefficient (Wildman–Crippen LogP) is 3.63. The zero-order chi connectivity index (χ0) is 15.6. The Kier molecular flexibility index (Phi) is 4.79. The van der Waals surface area contributed by atoms with Crippen LogP contribution in [-0.2, 0) is 6.54 Å². The van der Waals surface area contributed by atoms with Gasteiger partial charge in [0.05, 0.1) is 0 Å². The quantitative estimate of drug-likeness (QED) is 0.792. The van der Waals surface area contributed by atoms with Gasteiger partial charge in [0.2, 0.25) is 0 Å². The van der Waals surface area contributed by atoms with Crippen LogP contribution in [0.5, 0.6) is 0 Å². The van der Waals surface area contributed by atoms with Crippen molar-refractivity contribution >= 4 is 0 Å². The summed E-state index contributed by atoms with van der Waals surface area (Å²) in [6.45, 7) is 3.92. The summed E-state index contributed by atoms with van der Waals surface area (Å²) < 4.78 is 25.8. The minimum Gasteiger partial charge on any atom is -0.303 e. The monoisotopic (exact) mass is 308 g/mol. The zero-order valence-electron chi connectivity index (χ0n) is 13.3. The van der Waals surface area contributed by atoms with Crippen LogP contribution in [0.4, 0.5) is 8.78 Å². The van der Waals surface area contributed by atoms with Crippen LogP contribution in [0, 0.1) is 5.92 Å². The number of hydrogen-bond acceptors (Lipinski definition) is 2. The van der Waals surface area contributed by atoms with Crippen molar-refractivity contribution in [1.29, 1.82) is 0 Å². The minimum atomic E-state index is -2.35. The van der Waals surface area contributed by atoms with Crippen molar-refractivity contribution in [3.05, 3.63) is 35.9 Å². The van der Waals surface area contributed by atoms with Crippen LogP contribution in [0.25, 0.3) is 0 Å². The van der Waals surface area contributed by atoms with Crippen molar-refractivity contribution in [2.24, 2.45) is 5.92 Å². The summed E-state index contributed by atoms with van der Waals surface area (Å²) in [6.07, 6.45) is 3.07. The molecule has 2 aliphatic rings. The van der Waals surface area contributed by atoms with Crippen molar-refractivity contribution in [2.75, 3.05) is 26.7 Å². The first-order valence-electron chi connectivity index (χ1n) is 8.39. The maximum absolute atomic E-state index is 12.9. The van der Waals surface area contributed by atoms with E-state index in [2.05, 4.69) is 41.1 Å². The number of piperidine rings is 1. The van der Waals surface area contributed by atoms with E-state index >= 15 is 0 Å². The molecule has 1 saturated carbocycles. The van der Waals surface area contributed by atoms with Crippen LogP contribution in [0.15, 0.2) is 30.3 Å². The Morgan fingerprint density at radius 3 is 2.41 bits per heavy atom. The largest absolute Gasteiger partial charge is 0.303 e. The van der Waals surface area contributed by atoms with Gasteiger partial charge in [-0.25, -0.2) is 8.78 Å². The van der Waals surface area contributed by atoms with Crippen LogP contribution >= 0.6 is 0 Å². The summed E-state index contributed by atoms with van der Waals surface area (Å²) in [5.74, 6) is -2.69. The molecule has 1 atom stereocenters. The lowest BCUT2D eigenvalue weighted by Gasteiger charge is -2.36. The van der Waals surface area contributed by atoms with Gasteiger partial charge >= 0.3 is 0 Å². The van der Waals surface area contributed by atoms with Crippen molar-refractivity contribution in [1.82, 2.24) is 9.80 Å². The molecule has 1 aromatic rings. The first-order chi connectivity index (χ1) is 10.5. The standard InChI is InChI=1S/C18H26F2N2/c1-21(14-15-5-3-2-4-6-15)17-8-11-22(12-9-17)10-7-16-13-18(16,19)20/h2-6,16-17H,7-14H2,1H3/t16-/m1/s1. The Bertz CT molecular complexity index is 469. The Balaban J connectivity index is 1.38. The molecule has 0 N–H and O–H groups in total. The van der Waals surface area contributed by atoms with E-state index in [1.807, 2.05) is 6.07 Å². The molecule has 1 aliphatic heterocycles. The maximum Gasteiger partial charge on any atom is 0.251 e. The summed E-state index contributed by atoms with van der Waals surface area (Å²) in [4.78, 5) is 4.79. The van der Waals surface area contributed by atoms with E-state index in [0.29, 0.717) is 12.5 Å². The lowest BCUT2D eigenvalue weighted by molar-refractivity contribution is 0.0872. The van der Waals surface area contributed by atoms with Gasteiger partial charge in [0.25, 0.3) is 5.92 Å². The lowest BCUT2D eigenvalue weighted by atomic mass is 10.0. The molecular formula is C18H26F2N2. The predicted molar refractivity (Wildman–Crippen MR) is 85.0 cm³/mol. The zero-order valence-corrected chi connectivity index (χ0v) is 13.3. The third-order valence-electron chi connectivity index (χ3n) is 5.20. The summed E-state index contributed by atoms with van der Waals surface area (Å²) >= 11 is 0. The molecule has 0 spiro atoms. The van der Waals surface area contributed by atoms with Crippen molar-refractivity contribution < 1.29 is 8.78 Å². The van der Waals surface area contributed by atoms with Crippen molar-refractivity contribution in [3.63, 3.8) is 0 Å². The van der Waals surface area contributed by atoms with E-state index in [1.54, 1.807) is 0 Å². The SMILES string of the molecule is CN(Cc1ccccc1)C1CCN(CC[C@@H]2CC2(F)F)CC1. The highest BCUT2D eigenvalue weighted by Gasteiger charge is 2.56. The van der Waals surface area contributed by atoms with Gasteiger partial charge in [-0.3, -0.25) is 4.90 Å². The number of halogens is 2. The smallest absolute Gasteiger partial charge is 0.251 e. The van der Waals surface area contributed by atoms with E-state index in [0.717, 1.165) is 39.0 Å². The molecule has 1 heterocycles. The van der Waals surface area contributed by atoms with E-state index in [-0.39, 0.29) is 12.3 Å². The van der Waals surface area contributed by atoms with Crippen molar-refractivity contribution in [2.45, 2.75) is 44.2 Å². The van der Waals surface area contributed by atoms with Crippen LogP contribution < -0.4 is 0 Å². The lowest BCUT2D eigenvalue weighted by Crippen LogP contribution is -2.43. The fraction of sp³-hybridized carbons (Fsp3) is 0.667. The third kappa shape index (κ3) is 4.05. The normalized spacial score (nSPS) is 25.5. The van der Waals surface area contributed by atoms with Crippen molar-refractivity contribution in [3.8, 4) is 0 Å². The number of likely N-dealkylation sites (tertiary alicyclic amines) is 1. The van der Waals surface area contributed by atoms with Gasteiger partial charge in [0.1, 0.15) is 0 Å². The number of nitrogens with zero attached hydrogens (tertiary/aromatic N) is 2. The van der Waals surface area contributed by atoms with Gasteiger partial charge in [0.15, 0.2) is 0 Å². The molecule has 0 aromatic heterocycles. The molecule has 0 amide bonds. The summed E-state index contributed by atoms with van der Waals surface area (Å²) in [6, 6.07) is 11.2. The molecule has 1 aromatic carbocycles.